The van der Waals surface area contributed by atoms with Crippen LogP contribution in [0.5, 0.6) is 0 Å². The highest BCUT2D eigenvalue weighted by atomic mass is 32.1. The van der Waals surface area contributed by atoms with Crippen LogP contribution in [-0.4, -0.2) is 34.6 Å². The molecule has 6 heteroatoms. The minimum atomic E-state index is -0.922. The van der Waals surface area contributed by atoms with Crippen molar-refractivity contribution in [1.29, 1.82) is 0 Å². The van der Waals surface area contributed by atoms with Crippen molar-refractivity contribution in [3.8, 4) is 0 Å². The first-order chi connectivity index (χ1) is 8.58. The Balaban J connectivity index is 1.89. The summed E-state index contributed by atoms with van der Waals surface area (Å²) < 4.78 is 0. The molecule has 0 aromatic carbocycles. The number of hydrogen-bond donors (Lipinski definition) is 2. The molecule has 0 saturated carbocycles. The molecular weight excluding hydrogens is 252 g/mol. The molecule has 1 atom stereocenters. The van der Waals surface area contributed by atoms with Gasteiger partial charge in [0.05, 0.1) is 6.54 Å². The maximum Gasteiger partial charge on any atom is 0.326 e. The second kappa shape index (κ2) is 5.39. The average Bonchev–Trinajstić information content (AvgIpc) is 2.94. The minimum absolute atomic E-state index is 0.286. The number of likely N-dealkylation sites (tertiary alicyclic amines) is 1. The zero-order chi connectivity index (χ0) is 13.1. The van der Waals surface area contributed by atoms with Gasteiger partial charge in [-0.1, -0.05) is 0 Å². The molecule has 2 N–H and O–H groups in total. The van der Waals surface area contributed by atoms with Gasteiger partial charge in [-0.05, 0) is 31.9 Å². The number of thiophene rings is 1. The van der Waals surface area contributed by atoms with Crippen LogP contribution in [0.4, 0.5) is 4.79 Å². The second-order valence-corrected chi connectivity index (χ2v) is 5.73. The first-order valence-corrected chi connectivity index (χ1v) is 6.72. The van der Waals surface area contributed by atoms with Crippen molar-refractivity contribution >= 4 is 23.3 Å². The van der Waals surface area contributed by atoms with Crippen LogP contribution in [0.3, 0.4) is 0 Å². The summed E-state index contributed by atoms with van der Waals surface area (Å²) >= 11 is 1.63. The van der Waals surface area contributed by atoms with Crippen LogP contribution in [-0.2, 0) is 11.3 Å². The topological polar surface area (TPSA) is 69.6 Å². The predicted molar refractivity (Wildman–Crippen MR) is 68.7 cm³/mol. The quantitative estimate of drug-likeness (QED) is 0.878. The number of aliphatic carboxylic acids is 1. The van der Waals surface area contributed by atoms with Gasteiger partial charge in [0.1, 0.15) is 6.04 Å². The van der Waals surface area contributed by atoms with E-state index in [1.807, 2.05) is 19.1 Å². The van der Waals surface area contributed by atoms with E-state index in [1.165, 1.54) is 9.78 Å². The molecule has 1 saturated heterocycles. The maximum absolute atomic E-state index is 11.9. The van der Waals surface area contributed by atoms with E-state index in [2.05, 4.69) is 5.32 Å². The molecule has 1 aliphatic rings. The van der Waals surface area contributed by atoms with Crippen molar-refractivity contribution in [3.05, 3.63) is 21.9 Å². The van der Waals surface area contributed by atoms with Gasteiger partial charge in [-0.25, -0.2) is 9.59 Å². The molecule has 0 aliphatic carbocycles. The van der Waals surface area contributed by atoms with Gasteiger partial charge in [0.15, 0.2) is 0 Å². The van der Waals surface area contributed by atoms with Crippen LogP contribution in [0.1, 0.15) is 22.6 Å². The van der Waals surface area contributed by atoms with Crippen molar-refractivity contribution in [1.82, 2.24) is 10.2 Å². The van der Waals surface area contributed by atoms with Crippen LogP contribution in [0.2, 0.25) is 0 Å². The Labute approximate surface area is 109 Å². The average molecular weight is 268 g/mol. The van der Waals surface area contributed by atoms with Gasteiger partial charge < -0.3 is 15.3 Å². The molecule has 1 fully saturated rings. The Hall–Kier alpha value is -1.56. The fourth-order valence-electron chi connectivity index (χ4n) is 2.11. The molecule has 1 unspecified atom stereocenters. The summed E-state index contributed by atoms with van der Waals surface area (Å²) in [6.07, 6.45) is 1.30. The zero-order valence-corrected chi connectivity index (χ0v) is 11.0. The van der Waals surface area contributed by atoms with Gasteiger partial charge >= 0.3 is 12.0 Å². The van der Waals surface area contributed by atoms with E-state index in [0.717, 1.165) is 11.3 Å². The first-order valence-electron chi connectivity index (χ1n) is 5.90. The number of hydrogen-bond acceptors (Lipinski definition) is 3. The van der Waals surface area contributed by atoms with E-state index in [0.29, 0.717) is 19.5 Å². The Bertz CT molecular complexity index is 458. The number of amides is 2. The molecule has 1 aliphatic heterocycles. The maximum atomic E-state index is 11.9. The lowest BCUT2D eigenvalue weighted by molar-refractivity contribution is -0.141. The summed E-state index contributed by atoms with van der Waals surface area (Å²) in [5, 5.41) is 11.8. The van der Waals surface area contributed by atoms with Crippen molar-refractivity contribution in [2.75, 3.05) is 6.54 Å². The summed E-state index contributed by atoms with van der Waals surface area (Å²) in [6.45, 7) is 2.99. The Morgan fingerprint density at radius 1 is 1.56 bits per heavy atom. The number of carboxylic acids is 1. The summed E-state index contributed by atoms with van der Waals surface area (Å²) in [5.41, 5.74) is 0. The number of urea groups is 1. The van der Waals surface area contributed by atoms with E-state index in [1.54, 1.807) is 11.3 Å². The van der Waals surface area contributed by atoms with Crippen molar-refractivity contribution in [3.63, 3.8) is 0 Å². The molecule has 2 heterocycles. The third-order valence-corrected chi connectivity index (χ3v) is 4.01. The lowest BCUT2D eigenvalue weighted by Gasteiger charge is -2.21. The van der Waals surface area contributed by atoms with Crippen LogP contribution in [0.15, 0.2) is 12.1 Å². The standard InChI is InChI=1S/C12H16N2O3S/c1-8-4-5-9(18-8)7-13-12(17)14-6-2-3-10(14)11(15)16/h4-5,10H,2-3,6-7H2,1H3,(H,13,17)(H,15,16). The van der Waals surface area contributed by atoms with Gasteiger partial charge in [0, 0.05) is 16.3 Å². The molecular formula is C12H16N2O3S. The summed E-state index contributed by atoms with van der Waals surface area (Å²) in [4.78, 5) is 26.6. The van der Waals surface area contributed by atoms with E-state index in [9.17, 15) is 9.59 Å². The third-order valence-electron chi connectivity index (χ3n) is 3.01. The number of carbonyl (C=O) groups is 2. The Morgan fingerprint density at radius 3 is 2.94 bits per heavy atom. The van der Waals surface area contributed by atoms with Crippen LogP contribution < -0.4 is 5.32 Å². The van der Waals surface area contributed by atoms with Crippen LogP contribution in [0, 0.1) is 6.92 Å². The van der Waals surface area contributed by atoms with Gasteiger partial charge in [-0.15, -0.1) is 11.3 Å². The molecule has 5 nitrogen and oxygen atoms in total. The highest BCUT2D eigenvalue weighted by Gasteiger charge is 2.33. The lowest BCUT2D eigenvalue weighted by Crippen LogP contribution is -2.45. The van der Waals surface area contributed by atoms with E-state index in [4.69, 9.17) is 5.11 Å². The number of carbonyl (C=O) groups excluding carboxylic acids is 1. The number of nitrogens with one attached hydrogen (secondary N) is 1. The minimum Gasteiger partial charge on any atom is -0.480 e. The molecule has 18 heavy (non-hydrogen) atoms. The molecule has 1 aromatic rings. The van der Waals surface area contributed by atoms with Gasteiger partial charge in [-0.2, -0.15) is 0 Å². The van der Waals surface area contributed by atoms with Gasteiger partial charge in [-0.3, -0.25) is 0 Å². The second-order valence-electron chi connectivity index (χ2n) is 4.36. The monoisotopic (exact) mass is 268 g/mol. The highest BCUT2D eigenvalue weighted by molar-refractivity contribution is 7.11. The normalized spacial score (nSPS) is 18.9. The van der Waals surface area contributed by atoms with Crippen molar-refractivity contribution < 1.29 is 14.7 Å². The first kappa shape index (κ1) is 12.9. The lowest BCUT2D eigenvalue weighted by atomic mass is 10.2. The molecule has 2 amide bonds. The predicted octanol–water partition coefficient (Wildman–Crippen LogP) is 1.82. The molecule has 98 valence electrons. The molecule has 0 radical (unpaired) electrons. The van der Waals surface area contributed by atoms with Crippen LogP contribution >= 0.6 is 11.3 Å². The molecule has 2 rings (SSSR count). The van der Waals surface area contributed by atoms with Crippen molar-refractivity contribution in [2.45, 2.75) is 32.4 Å². The summed E-state index contributed by atoms with van der Waals surface area (Å²) in [7, 11) is 0. The zero-order valence-electron chi connectivity index (χ0n) is 10.2. The third kappa shape index (κ3) is 2.81. The Morgan fingerprint density at radius 2 is 2.33 bits per heavy atom. The number of nitrogens with zero attached hydrogens (tertiary/aromatic N) is 1. The van der Waals surface area contributed by atoms with E-state index < -0.39 is 12.0 Å². The molecule has 0 spiro atoms. The Kier molecular flexibility index (Phi) is 3.86. The molecule has 1 aromatic heterocycles. The van der Waals surface area contributed by atoms with Crippen LogP contribution in [0.25, 0.3) is 0 Å². The smallest absolute Gasteiger partial charge is 0.326 e. The number of carboxylic acid groups (broad SMARTS) is 1. The fraction of sp³-hybridized carbons (Fsp3) is 0.500. The highest BCUT2D eigenvalue weighted by Crippen LogP contribution is 2.18. The molecule has 0 bridgehead atoms. The van der Waals surface area contributed by atoms with Gasteiger partial charge in [0.2, 0.25) is 0 Å². The van der Waals surface area contributed by atoms with Gasteiger partial charge in [0.25, 0.3) is 0 Å². The van der Waals surface area contributed by atoms with Crippen molar-refractivity contribution in [2.24, 2.45) is 0 Å². The SMILES string of the molecule is Cc1ccc(CNC(=O)N2CCCC2C(=O)O)s1. The fourth-order valence-corrected chi connectivity index (χ4v) is 2.94. The van der Waals surface area contributed by atoms with E-state index in [-0.39, 0.29) is 6.03 Å². The number of aryl methyl sites for hydroxylation is 1. The number of rotatable bonds is 3. The summed E-state index contributed by atoms with van der Waals surface area (Å²) in [5.74, 6) is -0.922. The largest absolute Gasteiger partial charge is 0.480 e. The van der Waals surface area contributed by atoms with E-state index >= 15 is 0 Å². The summed E-state index contributed by atoms with van der Waals surface area (Å²) in [6, 6.07) is 3.02.